The van der Waals surface area contributed by atoms with Crippen molar-refractivity contribution in [3.05, 3.63) is 28.3 Å². The number of hydrogen-bond donors (Lipinski definition) is 2. The van der Waals surface area contributed by atoms with Gasteiger partial charge >= 0.3 is 5.69 Å². The molecule has 18 heavy (non-hydrogen) atoms. The first-order chi connectivity index (χ1) is 8.27. The Morgan fingerprint density at radius 3 is 2.61 bits per heavy atom. The third kappa shape index (κ3) is 3.17. The average Bonchev–Trinajstić information content (AvgIpc) is 2.28. The van der Waals surface area contributed by atoms with E-state index in [4.69, 9.17) is 0 Å². The summed E-state index contributed by atoms with van der Waals surface area (Å²) in [6, 6.07) is 2.67. The quantitative estimate of drug-likeness (QED) is 0.622. The molecule has 0 radical (unpaired) electrons. The number of aromatic hydroxyl groups is 1. The smallest absolute Gasteiger partial charge is 0.312 e. The summed E-state index contributed by atoms with van der Waals surface area (Å²) in [6.45, 7) is 3.50. The van der Waals surface area contributed by atoms with Crippen LogP contribution < -0.4 is 4.72 Å². The molecule has 1 atom stereocenters. The van der Waals surface area contributed by atoms with Crippen LogP contribution >= 0.6 is 0 Å². The molecule has 0 saturated carbocycles. The maximum Gasteiger partial charge on any atom is 0.312 e. The predicted octanol–water partition coefficient (Wildman–Crippen LogP) is 1.38. The van der Waals surface area contributed by atoms with Crippen LogP contribution in [-0.2, 0) is 10.0 Å². The number of nitro groups is 1. The minimum Gasteiger partial charge on any atom is -0.502 e. The standard InChI is InChI=1S/C10H14N2O5S/c1-3-7(2)11-18(16,17)8-4-5-10(13)9(6-8)12(14)15/h4-7,11,13H,3H2,1-2H3/t7-/m1/s1. The van der Waals surface area contributed by atoms with Gasteiger partial charge in [0.2, 0.25) is 10.0 Å². The number of rotatable bonds is 5. The largest absolute Gasteiger partial charge is 0.502 e. The second kappa shape index (κ2) is 5.32. The monoisotopic (exact) mass is 274 g/mol. The van der Waals surface area contributed by atoms with Gasteiger partial charge in [0.15, 0.2) is 5.75 Å². The lowest BCUT2D eigenvalue weighted by atomic mass is 10.3. The van der Waals surface area contributed by atoms with E-state index in [0.717, 1.165) is 18.2 Å². The van der Waals surface area contributed by atoms with E-state index in [2.05, 4.69) is 4.72 Å². The molecule has 8 heteroatoms. The van der Waals surface area contributed by atoms with Gasteiger partial charge in [-0.2, -0.15) is 0 Å². The Kier molecular flexibility index (Phi) is 4.25. The molecule has 2 N–H and O–H groups in total. The summed E-state index contributed by atoms with van der Waals surface area (Å²) in [7, 11) is -3.81. The number of phenols is 1. The van der Waals surface area contributed by atoms with Crippen molar-refractivity contribution in [2.75, 3.05) is 0 Å². The van der Waals surface area contributed by atoms with Crippen molar-refractivity contribution in [1.29, 1.82) is 0 Å². The summed E-state index contributed by atoms with van der Waals surface area (Å²) in [5.41, 5.74) is -0.637. The summed E-state index contributed by atoms with van der Waals surface area (Å²) in [5.74, 6) is -0.567. The number of hydrogen-bond acceptors (Lipinski definition) is 5. The highest BCUT2D eigenvalue weighted by Crippen LogP contribution is 2.28. The molecule has 0 fully saturated rings. The summed E-state index contributed by atoms with van der Waals surface area (Å²) in [4.78, 5) is 9.53. The molecule has 0 aliphatic carbocycles. The van der Waals surface area contributed by atoms with Crippen molar-refractivity contribution in [2.24, 2.45) is 0 Å². The third-order valence-corrected chi connectivity index (χ3v) is 4.01. The van der Waals surface area contributed by atoms with Crippen LogP contribution in [0.25, 0.3) is 0 Å². The number of nitrogens with one attached hydrogen (secondary N) is 1. The van der Waals surface area contributed by atoms with Crippen molar-refractivity contribution in [2.45, 2.75) is 31.2 Å². The summed E-state index contributed by atoms with van der Waals surface area (Å²) >= 11 is 0. The summed E-state index contributed by atoms with van der Waals surface area (Å²) in [6.07, 6.45) is 0.597. The topological polar surface area (TPSA) is 110 Å². The molecular formula is C10H14N2O5S. The second-order valence-electron chi connectivity index (χ2n) is 3.84. The zero-order valence-corrected chi connectivity index (χ0v) is 10.8. The van der Waals surface area contributed by atoms with Crippen molar-refractivity contribution in [1.82, 2.24) is 4.72 Å². The zero-order valence-electron chi connectivity index (χ0n) is 9.95. The normalized spacial score (nSPS) is 13.2. The van der Waals surface area contributed by atoms with Gasteiger partial charge in [0.25, 0.3) is 0 Å². The minimum absolute atomic E-state index is 0.243. The van der Waals surface area contributed by atoms with E-state index in [-0.39, 0.29) is 10.9 Å². The molecular weight excluding hydrogens is 260 g/mol. The average molecular weight is 274 g/mol. The molecule has 1 aromatic carbocycles. The summed E-state index contributed by atoms with van der Waals surface area (Å²) in [5, 5.41) is 19.9. The van der Waals surface area contributed by atoms with Gasteiger partial charge in [-0.25, -0.2) is 13.1 Å². The first kappa shape index (κ1) is 14.4. The minimum atomic E-state index is -3.81. The van der Waals surface area contributed by atoms with Gasteiger partial charge in [0.05, 0.1) is 9.82 Å². The van der Waals surface area contributed by atoms with Gasteiger partial charge in [-0.1, -0.05) is 6.92 Å². The molecule has 7 nitrogen and oxygen atoms in total. The van der Waals surface area contributed by atoms with Crippen LogP contribution in [0.3, 0.4) is 0 Å². The number of phenolic OH excluding ortho intramolecular Hbond substituents is 1. The Balaban J connectivity index is 3.18. The second-order valence-corrected chi connectivity index (χ2v) is 5.55. The number of benzene rings is 1. The first-order valence-electron chi connectivity index (χ1n) is 5.27. The maximum atomic E-state index is 11.9. The van der Waals surface area contributed by atoms with Crippen LogP contribution in [0.1, 0.15) is 20.3 Å². The molecule has 100 valence electrons. The fourth-order valence-electron chi connectivity index (χ4n) is 1.23. The fraction of sp³-hybridized carbons (Fsp3) is 0.400. The van der Waals surface area contributed by atoms with E-state index < -0.39 is 26.4 Å². The van der Waals surface area contributed by atoms with E-state index in [9.17, 15) is 23.6 Å². The van der Waals surface area contributed by atoms with E-state index in [0.29, 0.717) is 6.42 Å². The van der Waals surface area contributed by atoms with Gasteiger partial charge in [-0.05, 0) is 25.5 Å². The van der Waals surface area contributed by atoms with Crippen LogP contribution in [0, 0.1) is 10.1 Å². The van der Waals surface area contributed by atoms with Gasteiger partial charge in [-0.3, -0.25) is 10.1 Å². The number of nitrogens with zero attached hydrogens (tertiary/aromatic N) is 1. The van der Waals surface area contributed by atoms with Crippen LogP contribution in [0.2, 0.25) is 0 Å². The first-order valence-corrected chi connectivity index (χ1v) is 6.76. The SMILES string of the molecule is CC[C@@H](C)NS(=O)(=O)c1ccc(O)c([N+](=O)[O-])c1. The zero-order chi connectivity index (χ0) is 13.9. The number of nitro benzene ring substituents is 1. The molecule has 0 spiro atoms. The van der Waals surface area contributed by atoms with Crippen molar-refractivity contribution >= 4 is 15.7 Å². The summed E-state index contributed by atoms with van der Waals surface area (Å²) < 4.78 is 26.1. The van der Waals surface area contributed by atoms with Gasteiger partial charge in [-0.15, -0.1) is 0 Å². The Hall–Kier alpha value is -1.67. The molecule has 0 unspecified atom stereocenters. The molecule has 0 saturated heterocycles. The highest BCUT2D eigenvalue weighted by atomic mass is 32.2. The van der Waals surface area contributed by atoms with Gasteiger partial charge < -0.3 is 5.11 Å². The fourth-order valence-corrected chi connectivity index (χ4v) is 2.58. The van der Waals surface area contributed by atoms with Crippen molar-refractivity contribution in [3.8, 4) is 5.75 Å². The Morgan fingerprint density at radius 2 is 2.11 bits per heavy atom. The maximum absolute atomic E-state index is 11.9. The van der Waals surface area contributed by atoms with Crippen LogP contribution in [0.5, 0.6) is 5.75 Å². The molecule has 0 amide bonds. The van der Waals surface area contributed by atoms with E-state index in [1.165, 1.54) is 0 Å². The van der Waals surface area contributed by atoms with Crippen molar-refractivity contribution < 1.29 is 18.4 Å². The Labute approximate surface area is 105 Å². The molecule has 0 aliphatic heterocycles. The Bertz CT molecular complexity index is 555. The molecule has 0 aliphatic rings. The van der Waals surface area contributed by atoms with Gasteiger partial charge in [0, 0.05) is 12.1 Å². The third-order valence-electron chi connectivity index (χ3n) is 2.42. The molecule has 1 rings (SSSR count). The van der Waals surface area contributed by atoms with Crippen LogP contribution in [-0.4, -0.2) is 24.5 Å². The molecule has 0 bridgehead atoms. The molecule has 0 aromatic heterocycles. The molecule has 0 heterocycles. The van der Waals surface area contributed by atoms with Crippen LogP contribution in [0.4, 0.5) is 5.69 Å². The van der Waals surface area contributed by atoms with E-state index >= 15 is 0 Å². The lowest BCUT2D eigenvalue weighted by Crippen LogP contribution is -2.32. The lowest BCUT2D eigenvalue weighted by Gasteiger charge is -2.11. The van der Waals surface area contributed by atoms with E-state index in [1.54, 1.807) is 6.92 Å². The highest BCUT2D eigenvalue weighted by Gasteiger charge is 2.22. The lowest BCUT2D eigenvalue weighted by molar-refractivity contribution is -0.386. The highest BCUT2D eigenvalue weighted by molar-refractivity contribution is 7.89. The van der Waals surface area contributed by atoms with Crippen molar-refractivity contribution in [3.63, 3.8) is 0 Å². The van der Waals surface area contributed by atoms with Crippen LogP contribution in [0.15, 0.2) is 23.1 Å². The Morgan fingerprint density at radius 1 is 1.50 bits per heavy atom. The van der Waals surface area contributed by atoms with Gasteiger partial charge in [0.1, 0.15) is 0 Å². The number of sulfonamides is 1. The predicted molar refractivity (Wildman–Crippen MR) is 64.8 cm³/mol. The molecule has 1 aromatic rings. The van der Waals surface area contributed by atoms with E-state index in [1.807, 2.05) is 6.92 Å².